The van der Waals surface area contributed by atoms with Gasteiger partial charge in [-0.05, 0) is 0 Å². The van der Waals surface area contributed by atoms with Gasteiger partial charge in [0.25, 0.3) is 0 Å². The van der Waals surface area contributed by atoms with Gasteiger partial charge < -0.3 is 0 Å². The van der Waals surface area contributed by atoms with Gasteiger partial charge >= 0.3 is 79.1 Å². The first kappa shape index (κ1) is 7.56. The van der Waals surface area contributed by atoms with Crippen molar-refractivity contribution < 1.29 is 0 Å². The van der Waals surface area contributed by atoms with Gasteiger partial charge in [0.1, 0.15) is 0 Å². The van der Waals surface area contributed by atoms with Crippen molar-refractivity contribution in [2.45, 2.75) is 0 Å². The second-order valence-corrected chi connectivity index (χ2v) is 3.23. The molecule has 0 saturated carbocycles. The molecule has 0 aliphatic rings. The van der Waals surface area contributed by atoms with Gasteiger partial charge in [-0.15, -0.1) is 0 Å². The molecule has 1 aromatic heterocycles. The molecule has 3 aromatic rings. The van der Waals surface area contributed by atoms with Gasteiger partial charge in [0.2, 0.25) is 0 Å². The topological polar surface area (TPSA) is 42.9 Å². The van der Waals surface area contributed by atoms with Gasteiger partial charge in [0.05, 0.1) is 0 Å². The van der Waals surface area contributed by atoms with Gasteiger partial charge in [0, 0.05) is 0 Å². The van der Waals surface area contributed by atoms with Crippen LogP contribution < -0.4 is 5.43 Å². The zero-order chi connectivity index (χ0) is 9.71. The molecule has 0 fully saturated rings. The molecular formula is C10H5BN2O. The molecule has 0 saturated heterocycles. The normalized spacial score (nSPS) is 11.4. The second-order valence-electron chi connectivity index (χ2n) is 3.23. The molecule has 0 N–H and O–H groups in total. The molecule has 0 radical (unpaired) electrons. The summed E-state index contributed by atoms with van der Waals surface area (Å²) in [6.07, 6.45) is 1.46. The van der Waals surface area contributed by atoms with Crippen molar-refractivity contribution in [2.24, 2.45) is 0 Å². The molecule has 2 aromatic carbocycles. The molecule has 3 nitrogen and oxygen atoms in total. The van der Waals surface area contributed by atoms with Crippen molar-refractivity contribution in [3.63, 3.8) is 0 Å². The summed E-state index contributed by atoms with van der Waals surface area (Å²) < 4.78 is 0. The summed E-state index contributed by atoms with van der Waals surface area (Å²) in [4.78, 5) is 19.9. The SMILES string of the molecule is B=c1c(=O)c2cccc3ncnc1c32. The van der Waals surface area contributed by atoms with Crippen LogP contribution in [0.25, 0.3) is 21.8 Å². The van der Waals surface area contributed by atoms with E-state index in [-0.39, 0.29) is 5.43 Å². The van der Waals surface area contributed by atoms with Gasteiger partial charge in [-0.3, -0.25) is 0 Å². The second kappa shape index (κ2) is 2.35. The van der Waals surface area contributed by atoms with Crippen LogP contribution in [0.5, 0.6) is 0 Å². The summed E-state index contributed by atoms with van der Waals surface area (Å²) in [7, 11) is 3.74. The zero-order valence-corrected chi connectivity index (χ0v) is 7.32. The minimum atomic E-state index is -0.0360. The van der Waals surface area contributed by atoms with Crippen molar-refractivity contribution >= 4 is 29.3 Å². The number of benzene rings is 1. The van der Waals surface area contributed by atoms with Crippen molar-refractivity contribution in [3.8, 4) is 0 Å². The standard InChI is InChI=1S/C10H5BN2O/c11-8-9-7-5(10(8)14)2-1-3-6(7)12-4-13-9/h1-4,11H. The molecule has 0 unspecified atom stereocenters. The van der Waals surface area contributed by atoms with Crippen LogP contribution in [0, 0.1) is 5.11 Å². The van der Waals surface area contributed by atoms with Gasteiger partial charge in [-0.25, -0.2) is 0 Å². The van der Waals surface area contributed by atoms with E-state index in [2.05, 4.69) is 17.5 Å². The van der Waals surface area contributed by atoms with E-state index >= 15 is 0 Å². The Morgan fingerprint density at radius 2 is 2.07 bits per heavy atom. The predicted octanol–water partition coefficient (Wildman–Crippen LogP) is 0.452. The fraction of sp³-hybridized carbons (Fsp3) is 0. The monoisotopic (exact) mass is 180 g/mol. The van der Waals surface area contributed by atoms with E-state index < -0.39 is 0 Å². The fourth-order valence-corrected chi connectivity index (χ4v) is 1.80. The van der Waals surface area contributed by atoms with E-state index in [4.69, 9.17) is 0 Å². The summed E-state index contributed by atoms with van der Waals surface area (Å²) in [6.45, 7) is 0. The summed E-state index contributed by atoms with van der Waals surface area (Å²) in [5.41, 5.74) is 1.45. The third kappa shape index (κ3) is 0.731. The van der Waals surface area contributed by atoms with Crippen molar-refractivity contribution in [3.05, 3.63) is 39.9 Å². The summed E-state index contributed by atoms with van der Waals surface area (Å²) in [6, 6.07) is 5.48. The molecule has 0 bridgehead atoms. The maximum atomic E-state index is 11.7. The van der Waals surface area contributed by atoms with Crippen LogP contribution >= 0.6 is 0 Å². The van der Waals surface area contributed by atoms with Crippen LogP contribution in [-0.2, 0) is 0 Å². The van der Waals surface area contributed by atoms with E-state index in [0.717, 1.165) is 10.9 Å². The number of hydrogen-bond acceptors (Lipinski definition) is 3. The van der Waals surface area contributed by atoms with Crippen LogP contribution in [0.2, 0.25) is 0 Å². The molecule has 14 heavy (non-hydrogen) atoms. The first-order valence-electron chi connectivity index (χ1n) is 4.27. The minimum absolute atomic E-state index is 0.0360. The predicted molar refractivity (Wildman–Crippen MR) is 56.1 cm³/mol. The Hall–Kier alpha value is -1.84. The Labute approximate surface area is 79.8 Å². The third-order valence-corrected chi connectivity index (χ3v) is 2.47. The van der Waals surface area contributed by atoms with Crippen LogP contribution in [0.4, 0.5) is 0 Å². The molecule has 0 amide bonds. The quantitative estimate of drug-likeness (QED) is 0.471. The van der Waals surface area contributed by atoms with E-state index in [1.54, 1.807) is 6.07 Å². The molecule has 0 atom stereocenters. The van der Waals surface area contributed by atoms with Crippen molar-refractivity contribution in [1.29, 1.82) is 0 Å². The van der Waals surface area contributed by atoms with E-state index in [0.29, 0.717) is 16.0 Å². The molecule has 64 valence electrons. The van der Waals surface area contributed by atoms with Gasteiger partial charge in [-0.1, -0.05) is 0 Å². The van der Waals surface area contributed by atoms with Crippen molar-refractivity contribution in [2.75, 3.05) is 0 Å². The molecule has 3 rings (SSSR count). The fourth-order valence-electron chi connectivity index (χ4n) is 1.80. The first-order valence-corrected chi connectivity index (χ1v) is 4.27. The summed E-state index contributed by atoms with van der Waals surface area (Å²) in [5.74, 6) is 0. The number of aromatic nitrogens is 2. The number of nitrogens with zero attached hydrogens (tertiary/aromatic N) is 2. The van der Waals surface area contributed by atoms with Crippen LogP contribution in [0.3, 0.4) is 0 Å². The first-order chi connectivity index (χ1) is 6.79. The van der Waals surface area contributed by atoms with E-state index in [1.807, 2.05) is 12.1 Å². The Morgan fingerprint density at radius 1 is 1.21 bits per heavy atom. The third-order valence-electron chi connectivity index (χ3n) is 2.47. The molecule has 1 heterocycles. The zero-order valence-electron chi connectivity index (χ0n) is 7.32. The Balaban J connectivity index is 2.91. The average molecular weight is 180 g/mol. The summed E-state index contributed by atoms with van der Waals surface area (Å²) in [5, 5.41) is 1.98. The molecule has 0 spiro atoms. The van der Waals surface area contributed by atoms with Gasteiger partial charge in [0.15, 0.2) is 0 Å². The summed E-state index contributed by atoms with van der Waals surface area (Å²) >= 11 is 0. The van der Waals surface area contributed by atoms with Crippen molar-refractivity contribution in [1.82, 2.24) is 9.97 Å². The molecule has 0 aliphatic heterocycles. The number of hydrogen-bond donors (Lipinski definition) is 0. The average Bonchev–Trinajstić information content (AvgIpc) is 2.47. The Bertz CT molecular complexity index is 667. The van der Waals surface area contributed by atoms with Crippen LogP contribution in [-0.4, -0.2) is 17.5 Å². The van der Waals surface area contributed by atoms with E-state index in [9.17, 15) is 4.79 Å². The molecule has 0 aliphatic carbocycles. The van der Waals surface area contributed by atoms with Gasteiger partial charge in [-0.2, -0.15) is 0 Å². The van der Waals surface area contributed by atoms with Crippen LogP contribution in [0.1, 0.15) is 0 Å². The molecule has 4 heteroatoms. The Kier molecular flexibility index (Phi) is 1.27. The molecular weight excluding hydrogens is 175 g/mol. The van der Waals surface area contributed by atoms with Crippen LogP contribution in [0.15, 0.2) is 29.3 Å². The maximum absolute atomic E-state index is 11.7. The number of rotatable bonds is 0. The van der Waals surface area contributed by atoms with E-state index in [1.165, 1.54) is 6.33 Å². The Morgan fingerprint density at radius 3 is 2.93 bits per heavy atom.